The molecule has 4 nitrogen and oxygen atoms in total. The first-order chi connectivity index (χ1) is 7.85. The van der Waals surface area contributed by atoms with Crippen molar-refractivity contribution in [2.75, 3.05) is 0 Å². The molecule has 1 rings (SSSR count). The molecule has 4 N–H and O–H groups in total. The minimum Gasteiger partial charge on any atom is -0.549 e. The number of quaternary nitrogens is 1. The lowest BCUT2D eigenvalue weighted by atomic mass is 9.80. The summed E-state index contributed by atoms with van der Waals surface area (Å²) in [7, 11) is 0. The largest absolute Gasteiger partial charge is 0.549 e. The number of carboxylic acid groups (broad SMARTS) is 1. The highest BCUT2D eigenvalue weighted by atomic mass is 16.4. The highest BCUT2D eigenvalue weighted by Crippen LogP contribution is 2.22. The van der Waals surface area contributed by atoms with E-state index in [0.29, 0.717) is 6.42 Å². The van der Waals surface area contributed by atoms with Gasteiger partial charge in [-0.1, -0.05) is 37.3 Å². The standard InChI is InChI=1S/C14H18O3.H3N/c1-10(9-11-7-5-4-6-8-11)12(15)14(2,3)13(16)17;/h4-8,10H,9H2,1-3H3,(H,16,17);1H3. The van der Waals surface area contributed by atoms with Gasteiger partial charge < -0.3 is 16.1 Å². The van der Waals surface area contributed by atoms with Crippen molar-refractivity contribution in [2.45, 2.75) is 27.2 Å². The van der Waals surface area contributed by atoms with Crippen LogP contribution in [0.3, 0.4) is 0 Å². The van der Waals surface area contributed by atoms with Crippen molar-refractivity contribution in [3.8, 4) is 0 Å². The van der Waals surface area contributed by atoms with E-state index >= 15 is 0 Å². The molecule has 1 aromatic rings. The summed E-state index contributed by atoms with van der Waals surface area (Å²) in [6, 6.07) is 9.56. The first kappa shape index (κ1) is 16.3. The molecule has 0 aromatic heterocycles. The molecule has 0 bridgehead atoms. The summed E-state index contributed by atoms with van der Waals surface area (Å²) < 4.78 is 0. The van der Waals surface area contributed by atoms with E-state index in [-0.39, 0.29) is 17.9 Å². The minimum atomic E-state index is -1.42. The Morgan fingerprint density at radius 1 is 1.22 bits per heavy atom. The smallest absolute Gasteiger partial charge is 0.147 e. The first-order valence-electron chi connectivity index (χ1n) is 5.65. The molecule has 1 unspecified atom stereocenters. The number of aliphatic carboxylic acids is 1. The third-order valence-electron chi connectivity index (χ3n) is 2.96. The normalized spacial score (nSPS) is 12.4. The van der Waals surface area contributed by atoms with Gasteiger partial charge in [0.25, 0.3) is 0 Å². The number of carbonyl (C=O) groups is 2. The molecule has 1 atom stereocenters. The Labute approximate surface area is 108 Å². The van der Waals surface area contributed by atoms with E-state index in [9.17, 15) is 14.7 Å². The predicted octanol–water partition coefficient (Wildman–Crippen LogP) is 1.59. The third kappa shape index (κ3) is 3.67. The van der Waals surface area contributed by atoms with Crippen molar-refractivity contribution in [3.05, 3.63) is 35.9 Å². The van der Waals surface area contributed by atoms with E-state index in [1.165, 1.54) is 13.8 Å². The van der Waals surface area contributed by atoms with Gasteiger partial charge in [-0.15, -0.1) is 0 Å². The molecular weight excluding hydrogens is 230 g/mol. The lowest BCUT2D eigenvalue weighted by molar-refractivity contribution is -0.315. The molecule has 0 aliphatic rings. The van der Waals surface area contributed by atoms with Crippen LogP contribution in [-0.2, 0) is 16.0 Å². The van der Waals surface area contributed by atoms with E-state index in [2.05, 4.69) is 0 Å². The van der Waals surface area contributed by atoms with Crippen molar-refractivity contribution < 1.29 is 14.7 Å². The number of ketones is 1. The summed E-state index contributed by atoms with van der Waals surface area (Å²) in [5, 5.41) is 10.9. The second kappa shape index (κ2) is 6.31. The Kier molecular flexibility index (Phi) is 5.72. The van der Waals surface area contributed by atoms with Gasteiger partial charge in [0.2, 0.25) is 0 Å². The van der Waals surface area contributed by atoms with Gasteiger partial charge in [-0.2, -0.15) is 0 Å². The Morgan fingerprint density at radius 2 is 1.72 bits per heavy atom. The maximum atomic E-state index is 12.0. The Bertz CT molecular complexity index is 412. The van der Waals surface area contributed by atoms with Crippen LogP contribution in [0.5, 0.6) is 0 Å². The molecule has 0 heterocycles. The molecule has 0 radical (unpaired) electrons. The topological polar surface area (TPSA) is 93.7 Å². The number of hydrogen-bond donors (Lipinski definition) is 1. The summed E-state index contributed by atoms with van der Waals surface area (Å²) in [6.45, 7) is 4.54. The number of hydrogen-bond acceptors (Lipinski definition) is 3. The van der Waals surface area contributed by atoms with Gasteiger partial charge in [-0.25, -0.2) is 0 Å². The highest BCUT2D eigenvalue weighted by molar-refractivity contribution is 6.02. The second-order valence-electron chi connectivity index (χ2n) is 4.87. The molecule has 0 amide bonds. The zero-order valence-corrected chi connectivity index (χ0v) is 11.4. The SMILES string of the molecule is CC(Cc1ccccc1)C(=O)C(C)(C)C(=O)[O-].[NH4+]. The monoisotopic (exact) mass is 251 g/mol. The van der Waals surface area contributed by atoms with Crippen molar-refractivity contribution in [1.29, 1.82) is 0 Å². The number of carbonyl (C=O) groups excluding carboxylic acids is 2. The fourth-order valence-electron chi connectivity index (χ4n) is 1.78. The fourth-order valence-corrected chi connectivity index (χ4v) is 1.78. The average Bonchev–Trinajstić information content (AvgIpc) is 2.29. The summed E-state index contributed by atoms with van der Waals surface area (Å²) in [6.07, 6.45) is 0.552. The summed E-state index contributed by atoms with van der Waals surface area (Å²) in [5.41, 5.74) is -0.392. The van der Waals surface area contributed by atoms with Crippen LogP contribution in [0.15, 0.2) is 30.3 Å². The van der Waals surface area contributed by atoms with Gasteiger partial charge in [0.05, 0.1) is 11.4 Å². The summed E-state index contributed by atoms with van der Waals surface area (Å²) in [5.74, 6) is -1.94. The number of rotatable bonds is 5. The van der Waals surface area contributed by atoms with Gasteiger partial charge in [0.15, 0.2) is 0 Å². The Hall–Kier alpha value is -1.68. The Morgan fingerprint density at radius 3 is 2.17 bits per heavy atom. The number of benzene rings is 1. The number of carboxylic acids is 1. The van der Waals surface area contributed by atoms with Crippen LogP contribution >= 0.6 is 0 Å². The van der Waals surface area contributed by atoms with Crippen LogP contribution in [0.4, 0.5) is 0 Å². The quantitative estimate of drug-likeness (QED) is 0.805. The molecule has 0 aliphatic carbocycles. The maximum Gasteiger partial charge on any atom is 0.147 e. The van der Waals surface area contributed by atoms with E-state index < -0.39 is 11.4 Å². The van der Waals surface area contributed by atoms with E-state index in [4.69, 9.17) is 0 Å². The van der Waals surface area contributed by atoms with Crippen LogP contribution in [0, 0.1) is 11.3 Å². The second-order valence-corrected chi connectivity index (χ2v) is 4.87. The van der Waals surface area contributed by atoms with Crippen molar-refractivity contribution in [3.63, 3.8) is 0 Å². The van der Waals surface area contributed by atoms with Gasteiger partial charge in [-0.3, -0.25) is 4.79 Å². The van der Waals surface area contributed by atoms with Gasteiger partial charge in [0, 0.05) is 5.92 Å². The number of Topliss-reactive ketones (excluding diaryl/α,β-unsaturated/α-hetero) is 1. The molecule has 100 valence electrons. The van der Waals surface area contributed by atoms with Crippen LogP contribution in [0.25, 0.3) is 0 Å². The molecule has 18 heavy (non-hydrogen) atoms. The molecule has 1 aromatic carbocycles. The van der Waals surface area contributed by atoms with Crippen LogP contribution in [-0.4, -0.2) is 11.8 Å². The first-order valence-corrected chi connectivity index (χ1v) is 5.65. The average molecular weight is 251 g/mol. The minimum absolute atomic E-state index is 0. The summed E-state index contributed by atoms with van der Waals surface area (Å²) in [4.78, 5) is 22.9. The molecular formula is C14H21NO3. The van der Waals surface area contributed by atoms with Gasteiger partial charge in [-0.05, 0) is 25.8 Å². The fraction of sp³-hybridized carbons (Fsp3) is 0.429. The van der Waals surface area contributed by atoms with Crippen LogP contribution in [0.2, 0.25) is 0 Å². The lowest BCUT2D eigenvalue weighted by Crippen LogP contribution is -2.46. The van der Waals surface area contributed by atoms with Gasteiger partial charge in [0.1, 0.15) is 5.78 Å². The maximum absolute atomic E-state index is 12.0. The van der Waals surface area contributed by atoms with Crippen molar-refractivity contribution >= 4 is 11.8 Å². The molecule has 0 spiro atoms. The third-order valence-corrected chi connectivity index (χ3v) is 2.96. The molecule has 4 heteroatoms. The van der Waals surface area contributed by atoms with Crippen molar-refractivity contribution in [1.82, 2.24) is 6.15 Å². The molecule has 0 fully saturated rings. The van der Waals surface area contributed by atoms with Crippen LogP contribution < -0.4 is 11.3 Å². The van der Waals surface area contributed by atoms with E-state index in [0.717, 1.165) is 5.56 Å². The van der Waals surface area contributed by atoms with E-state index in [1.54, 1.807) is 6.92 Å². The Balaban J connectivity index is 0.00000289. The zero-order chi connectivity index (χ0) is 13.1. The molecule has 0 saturated carbocycles. The van der Waals surface area contributed by atoms with Crippen LogP contribution in [0.1, 0.15) is 26.3 Å². The van der Waals surface area contributed by atoms with Gasteiger partial charge >= 0.3 is 0 Å². The van der Waals surface area contributed by atoms with Crippen molar-refractivity contribution in [2.24, 2.45) is 11.3 Å². The van der Waals surface area contributed by atoms with E-state index in [1.807, 2.05) is 30.3 Å². The zero-order valence-electron chi connectivity index (χ0n) is 11.4. The predicted molar refractivity (Wildman–Crippen MR) is 69.1 cm³/mol. The highest BCUT2D eigenvalue weighted by Gasteiger charge is 2.32. The lowest BCUT2D eigenvalue weighted by Gasteiger charge is -2.27. The summed E-state index contributed by atoms with van der Waals surface area (Å²) >= 11 is 0. The molecule has 0 aliphatic heterocycles. The molecule has 0 saturated heterocycles.